The van der Waals surface area contributed by atoms with Gasteiger partial charge in [0.15, 0.2) is 0 Å². The van der Waals surface area contributed by atoms with Crippen LogP contribution in [0.2, 0.25) is 0 Å². The number of methoxy groups -OCH3 is 2. The zero-order valence-electron chi connectivity index (χ0n) is 14.7. The average molecular weight is 390 g/mol. The zero-order valence-corrected chi connectivity index (χ0v) is 16.3. The first-order valence-electron chi connectivity index (χ1n) is 8.17. The summed E-state index contributed by atoms with van der Waals surface area (Å²) in [6.07, 6.45) is 0.948. The predicted molar refractivity (Wildman–Crippen MR) is 101 cm³/mol. The second-order valence-corrected chi connectivity index (χ2v) is 7.68. The molecule has 3 rings (SSSR count). The molecule has 1 aliphatic rings. The molecule has 0 saturated carbocycles. The predicted octanol–water partition coefficient (Wildman–Crippen LogP) is 4.80. The third-order valence-corrected chi connectivity index (χ3v) is 5.75. The lowest BCUT2D eigenvalue weighted by Gasteiger charge is -2.44. The van der Waals surface area contributed by atoms with E-state index < -0.39 is 0 Å². The Morgan fingerprint density at radius 2 is 1.71 bits per heavy atom. The summed E-state index contributed by atoms with van der Waals surface area (Å²) in [7, 11) is 3.42. The Kier molecular flexibility index (Phi) is 4.88. The molecule has 0 unspecified atom stereocenters. The second kappa shape index (κ2) is 6.77. The van der Waals surface area contributed by atoms with Gasteiger partial charge in [0.25, 0.3) is 0 Å². The Morgan fingerprint density at radius 1 is 1.04 bits per heavy atom. The fraction of sp³-hybridized carbons (Fsp3) is 0.400. The van der Waals surface area contributed by atoms with Crippen molar-refractivity contribution in [2.75, 3.05) is 14.2 Å². The van der Waals surface area contributed by atoms with Crippen LogP contribution in [0.5, 0.6) is 11.5 Å². The molecular formula is C20H24BrNO2. The van der Waals surface area contributed by atoms with Crippen molar-refractivity contribution in [1.29, 1.82) is 0 Å². The molecule has 0 spiro atoms. The van der Waals surface area contributed by atoms with E-state index >= 15 is 0 Å². The van der Waals surface area contributed by atoms with Gasteiger partial charge in [0.05, 0.1) is 18.7 Å². The van der Waals surface area contributed by atoms with Gasteiger partial charge in [0.1, 0.15) is 11.5 Å². The fourth-order valence-corrected chi connectivity index (χ4v) is 4.07. The highest BCUT2D eigenvalue weighted by Crippen LogP contribution is 2.44. The van der Waals surface area contributed by atoms with E-state index in [0.717, 1.165) is 35.5 Å². The summed E-state index contributed by atoms with van der Waals surface area (Å²) in [6, 6.07) is 12.6. The van der Waals surface area contributed by atoms with Gasteiger partial charge in [-0.2, -0.15) is 0 Å². The number of halogens is 1. The van der Waals surface area contributed by atoms with Crippen molar-refractivity contribution >= 4 is 15.9 Å². The van der Waals surface area contributed by atoms with Crippen LogP contribution in [0.3, 0.4) is 0 Å². The summed E-state index contributed by atoms with van der Waals surface area (Å²) in [5.41, 5.74) is 3.93. The maximum absolute atomic E-state index is 5.65. The summed E-state index contributed by atoms with van der Waals surface area (Å²) in [6.45, 7) is 6.40. The molecule has 2 aromatic rings. The molecule has 1 aliphatic heterocycles. The summed E-state index contributed by atoms with van der Waals surface area (Å²) >= 11 is 3.73. The van der Waals surface area contributed by atoms with Gasteiger partial charge in [-0.15, -0.1) is 0 Å². The molecule has 0 saturated heterocycles. The summed E-state index contributed by atoms with van der Waals surface area (Å²) in [5.74, 6) is 1.73. The lowest BCUT2D eigenvalue weighted by atomic mass is 9.84. The van der Waals surface area contributed by atoms with Crippen LogP contribution >= 0.6 is 15.9 Å². The maximum Gasteiger partial charge on any atom is 0.137 e. The molecule has 0 radical (unpaired) electrons. The van der Waals surface area contributed by atoms with Crippen LogP contribution in [0.15, 0.2) is 40.9 Å². The van der Waals surface area contributed by atoms with E-state index in [1.54, 1.807) is 14.2 Å². The van der Waals surface area contributed by atoms with E-state index in [0.29, 0.717) is 0 Å². The molecule has 0 aromatic heterocycles. The number of fused-ring (bicyclic) bond motifs is 1. The Labute approximate surface area is 152 Å². The molecule has 0 fully saturated rings. The van der Waals surface area contributed by atoms with Crippen molar-refractivity contribution in [2.24, 2.45) is 0 Å². The molecule has 0 atom stereocenters. The molecular weight excluding hydrogens is 366 g/mol. The van der Waals surface area contributed by atoms with Gasteiger partial charge in [-0.1, -0.05) is 30.3 Å². The van der Waals surface area contributed by atoms with E-state index in [1.165, 1.54) is 16.7 Å². The summed E-state index contributed by atoms with van der Waals surface area (Å²) in [4.78, 5) is 2.52. The quantitative estimate of drug-likeness (QED) is 0.749. The van der Waals surface area contributed by atoms with Crippen molar-refractivity contribution in [1.82, 2.24) is 4.90 Å². The van der Waals surface area contributed by atoms with Gasteiger partial charge in [-0.05, 0) is 47.3 Å². The van der Waals surface area contributed by atoms with E-state index in [2.05, 4.69) is 65.0 Å². The van der Waals surface area contributed by atoms with E-state index in [4.69, 9.17) is 9.47 Å². The first-order chi connectivity index (χ1) is 11.5. The number of rotatable bonds is 4. The molecule has 0 aliphatic carbocycles. The van der Waals surface area contributed by atoms with Crippen LogP contribution in [0.25, 0.3) is 0 Å². The summed E-state index contributed by atoms with van der Waals surface area (Å²) in [5, 5.41) is 0. The maximum atomic E-state index is 5.65. The molecule has 24 heavy (non-hydrogen) atoms. The van der Waals surface area contributed by atoms with E-state index in [1.807, 2.05) is 6.07 Å². The van der Waals surface area contributed by atoms with Gasteiger partial charge in [0.2, 0.25) is 0 Å². The molecule has 0 bridgehead atoms. The third kappa shape index (κ3) is 3.17. The lowest BCUT2D eigenvalue weighted by molar-refractivity contribution is 0.0870. The van der Waals surface area contributed by atoms with Crippen LogP contribution < -0.4 is 9.47 Å². The monoisotopic (exact) mass is 389 g/mol. The van der Waals surface area contributed by atoms with E-state index in [9.17, 15) is 0 Å². The minimum Gasteiger partial charge on any atom is -0.496 e. The SMILES string of the molecule is COc1cc(OC)c2c(c1Br)CC(C)(C)N(Cc1ccccc1)C2. The highest BCUT2D eigenvalue weighted by Gasteiger charge is 2.36. The highest BCUT2D eigenvalue weighted by atomic mass is 79.9. The standard InChI is InChI=1S/C20H24BrNO2/c1-20(2)11-15-16(17(23-3)10-18(24-4)19(15)21)13-22(20)12-14-8-6-5-7-9-14/h5-10H,11-13H2,1-4H3. The van der Waals surface area contributed by atoms with Gasteiger partial charge in [-0.25, -0.2) is 0 Å². The minimum atomic E-state index is 0.0583. The Morgan fingerprint density at radius 3 is 2.33 bits per heavy atom. The Bertz CT molecular complexity index is 728. The smallest absolute Gasteiger partial charge is 0.137 e. The number of hydrogen-bond donors (Lipinski definition) is 0. The Balaban J connectivity index is 2.00. The summed E-state index contributed by atoms with van der Waals surface area (Å²) < 4.78 is 12.2. The molecule has 2 aromatic carbocycles. The molecule has 0 amide bonds. The van der Waals surface area contributed by atoms with Gasteiger partial charge in [0, 0.05) is 30.3 Å². The number of benzene rings is 2. The van der Waals surface area contributed by atoms with Crippen LogP contribution in [-0.2, 0) is 19.5 Å². The normalized spacial score (nSPS) is 16.5. The van der Waals surface area contributed by atoms with Crippen LogP contribution in [0.4, 0.5) is 0 Å². The number of nitrogens with zero attached hydrogens (tertiary/aromatic N) is 1. The minimum absolute atomic E-state index is 0.0583. The third-order valence-electron chi connectivity index (χ3n) is 4.88. The fourth-order valence-electron chi connectivity index (χ4n) is 3.41. The van der Waals surface area contributed by atoms with Crippen molar-refractivity contribution in [2.45, 2.75) is 38.9 Å². The number of ether oxygens (including phenoxy) is 2. The van der Waals surface area contributed by atoms with Crippen molar-refractivity contribution < 1.29 is 9.47 Å². The topological polar surface area (TPSA) is 21.7 Å². The number of hydrogen-bond acceptors (Lipinski definition) is 3. The largest absolute Gasteiger partial charge is 0.496 e. The van der Waals surface area contributed by atoms with Crippen LogP contribution in [0, 0.1) is 0 Å². The first kappa shape index (κ1) is 17.3. The molecule has 1 heterocycles. The van der Waals surface area contributed by atoms with Crippen LogP contribution in [0.1, 0.15) is 30.5 Å². The van der Waals surface area contributed by atoms with Crippen molar-refractivity contribution in [3.8, 4) is 11.5 Å². The lowest BCUT2D eigenvalue weighted by Crippen LogP contribution is -2.48. The van der Waals surface area contributed by atoms with Crippen molar-refractivity contribution in [3.63, 3.8) is 0 Å². The van der Waals surface area contributed by atoms with Gasteiger partial charge < -0.3 is 9.47 Å². The second-order valence-electron chi connectivity index (χ2n) is 6.88. The zero-order chi connectivity index (χ0) is 17.3. The van der Waals surface area contributed by atoms with Gasteiger partial charge >= 0.3 is 0 Å². The molecule has 128 valence electrons. The molecule has 4 heteroatoms. The first-order valence-corrected chi connectivity index (χ1v) is 8.97. The van der Waals surface area contributed by atoms with Crippen molar-refractivity contribution in [3.05, 3.63) is 57.6 Å². The Hall–Kier alpha value is -1.52. The van der Waals surface area contributed by atoms with Crippen LogP contribution in [-0.4, -0.2) is 24.7 Å². The molecule has 3 nitrogen and oxygen atoms in total. The highest BCUT2D eigenvalue weighted by molar-refractivity contribution is 9.10. The van der Waals surface area contributed by atoms with Gasteiger partial charge in [-0.3, -0.25) is 4.90 Å². The average Bonchev–Trinajstić information content (AvgIpc) is 2.57. The molecule has 0 N–H and O–H groups in total. The van der Waals surface area contributed by atoms with E-state index in [-0.39, 0.29) is 5.54 Å².